The molecule has 184 valence electrons. The van der Waals surface area contributed by atoms with Crippen molar-refractivity contribution in [2.24, 2.45) is 0 Å². The van der Waals surface area contributed by atoms with Gasteiger partial charge in [0, 0.05) is 50.2 Å². The normalized spacial score (nSPS) is 14.9. The van der Waals surface area contributed by atoms with E-state index in [0.29, 0.717) is 48.9 Å². The molecule has 0 spiro atoms. The number of aromatic nitrogens is 1. The second-order valence-electron chi connectivity index (χ2n) is 8.60. The lowest BCUT2D eigenvalue weighted by Crippen LogP contribution is -2.50. The molecule has 0 bridgehead atoms. The number of fused-ring (bicyclic) bond motifs is 1. The molecule has 8 heteroatoms. The molecule has 2 aliphatic rings. The van der Waals surface area contributed by atoms with E-state index in [1.54, 1.807) is 41.3 Å². The van der Waals surface area contributed by atoms with Crippen LogP contribution in [0.5, 0.6) is 11.6 Å². The first kappa shape index (κ1) is 23.4. The topological polar surface area (TPSA) is 75.2 Å². The Hall–Kier alpha value is -4.33. The van der Waals surface area contributed by atoms with E-state index >= 15 is 0 Å². The Morgan fingerprint density at radius 1 is 0.833 bits per heavy atom. The van der Waals surface area contributed by atoms with Gasteiger partial charge in [0.2, 0.25) is 5.88 Å². The third kappa shape index (κ3) is 4.37. The Kier molecular flexibility index (Phi) is 6.58. The summed E-state index contributed by atoms with van der Waals surface area (Å²) in [5.41, 5.74) is 4.14. The zero-order chi connectivity index (χ0) is 25.1. The van der Waals surface area contributed by atoms with E-state index in [4.69, 9.17) is 9.47 Å². The van der Waals surface area contributed by atoms with Crippen molar-refractivity contribution in [3.8, 4) is 11.6 Å². The van der Waals surface area contributed by atoms with Crippen LogP contribution in [0.25, 0.3) is 6.08 Å². The average Bonchev–Trinajstić information content (AvgIpc) is 2.95. The number of hydrogen-bond acceptors (Lipinski definition) is 6. The summed E-state index contributed by atoms with van der Waals surface area (Å²) < 4.78 is 10.9. The van der Waals surface area contributed by atoms with Gasteiger partial charge in [-0.2, -0.15) is 0 Å². The fraction of sp³-hybridized carbons (Fsp3) is 0.250. The Bertz CT molecular complexity index is 1310. The lowest BCUT2D eigenvalue weighted by molar-refractivity contribution is 0.0533. The number of amides is 2. The maximum atomic E-state index is 13.3. The summed E-state index contributed by atoms with van der Waals surface area (Å²) in [4.78, 5) is 36.1. The standard InChI is InChI=1S/C28H28N4O4/c1-35-25-19-21(11-12-24(25)32-14-6-8-20-7-3-4-10-23(20)32)27(33)30-15-17-31(18-16-30)28(34)22-9-5-13-29-26(22)36-2/h3-13,19H,14-18H2,1-2H3. The van der Waals surface area contributed by atoms with Gasteiger partial charge in [0.25, 0.3) is 11.8 Å². The van der Waals surface area contributed by atoms with E-state index in [2.05, 4.69) is 34.2 Å². The van der Waals surface area contributed by atoms with E-state index in [-0.39, 0.29) is 11.8 Å². The van der Waals surface area contributed by atoms with E-state index in [1.807, 2.05) is 24.3 Å². The van der Waals surface area contributed by atoms with E-state index in [9.17, 15) is 9.59 Å². The van der Waals surface area contributed by atoms with Gasteiger partial charge in [0.1, 0.15) is 11.3 Å². The highest BCUT2D eigenvalue weighted by Gasteiger charge is 2.28. The second-order valence-corrected chi connectivity index (χ2v) is 8.60. The Morgan fingerprint density at radius 2 is 1.58 bits per heavy atom. The number of carbonyl (C=O) groups excluding carboxylic acids is 2. The largest absolute Gasteiger partial charge is 0.495 e. The molecule has 36 heavy (non-hydrogen) atoms. The number of ether oxygens (including phenoxy) is 2. The molecule has 2 aromatic carbocycles. The Balaban J connectivity index is 1.29. The van der Waals surface area contributed by atoms with Crippen LogP contribution in [0.3, 0.4) is 0 Å². The number of anilines is 2. The fourth-order valence-electron chi connectivity index (χ4n) is 4.70. The molecular formula is C28H28N4O4. The van der Waals surface area contributed by atoms with Crippen LogP contribution in [0.1, 0.15) is 26.3 Å². The van der Waals surface area contributed by atoms with Gasteiger partial charge in [-0.15, -0.1) is 0 Å². The average molecular weight is 485 g/mol. The molecule has 3 heterocycles. The maximum absolute atomic E-state index is 13.3. The highest BCUT2D eigenvalue weighted by atomic mass is 16.5. The zero-order valence-corrected chi connectivity index (χ0v) is 20.4. The highest BCUT2D eigenvalue weighted by molar-refractivity contribution is 5.98. The van der Waals surface area contributed by atoms with Gasteiger partial charge in [-0.25, -0.2) is 4.98 Å². The molecule has 0 radical (unpaired) electrons. The van der Waals surface area contributed by atoms with Crippen LogP contribution in [0, 0.1) is 0 Å². The summed E-state index contributed by atoms with van der Waals surface area (Å²) in [5, 5.41) is 0. The van der Waals surface area contributed by atoms with Crippen LogP contribution in [-0.2, 0) is 0 Å². The molecule has 0 saturated carbocycles. The quantitative estimate of drug-likeness (QED) is 0.548. The predicted molar refractivity (Wildman–Crippen MR) is 138 cm³/mol. The number of rotatable bonds is 5. The summed E-state index contributed by atoms with van der Waals surface area (Å²) in [7, 11) is 3.12. The molecule has 8 nitrogen and oxygen atoms in total. The Morgan fingerprint density at radius 3 is 2.33 bits per heavy atom. The molecule has 0 N–H and O–H groups in total. The molecule has 1 fully saturated rings. The Labute approximate surface area is 210 Å². The van der Waals surface area contributed by atoms with Crippen molar-refractivity contribution >= 4 is 29.3 Å². The van der Waals surface area contributed by atoms with E-state index in [0.717, 1.165) is 23.5 Å². The number of carbonyl (C=O) groups is 2. The van der Waals surface area contributed by atoms with Gasteiger partial charge in [0.05, 0.1) is 19.9 Å². The number of para-hydroxylation sites is 1. The summed E-state index contributed by atoms with van der Waals surface area (Å²) in [5.74, 6) is 0.724. The molecule has 0 unspecified atom stereocenters. The lowest BCUT2D eigenvalue weighted by Gasteiger charge is -2.35. The van der Waals surface area contributed by atoms with Crippen LogP contribution in [-0.4, -0.2) is 73.5 Å². The molecule has 2 aliphatic heterocycles. The number of hydrogen-bond donors (Lipinski definition) is 0. The SMILES string of the molecule is COc1cc(C(=O)N2CCN(C(=O)c3cccnc3OC)CC2)ccc1N1CC=Cc2ccccc21. The predicted octanol–water partition coefficient (Wildman–Crippen LogP) is 3.86. The summed E-state index contributed by atoms with van der Waals surface area (Å²) in [6, 6.07) is 17.2. The molecule has 5 rings (SSSR count). The van der Waals surface area contributed by atoms with Crippen LogP contribution in [0.4, 0.5) is 11.4 Å². The van der Waals surface area contributed by atoms with Gasteiger partial charge in [0.15, 0.2) is 0 Å². The van der Waals surface area contributed by atoms with Crippen molar-refractivity contribution in [1.29, 1.82) is 0 Å². The third-order valence-corrected chi connectivity index (χ3v) is 6.58. The van der Waals surface area contributed by atoms with Crippen molar-refractivity contribution in [2.45, 2.75) is 0 Å². The molecule has 2 amide bonds. The lowest BCUT2D eigenvalue weighted by atomic mass is 10.1. The van der Waals surface area contributed by atoms with Crippen LogP contribution in [0.2, 0.25) is 0 Å². The first-order valence-corrected chi connectivity index (χ1v) is 11.9. The van der Waals surface area contributed by atoms with Crippen molar-refractivity contribution in [3.05, 3.63) is 83.6 Å². The van der Waals surface area contributed by atoms with Crippen molar-refractivity contribution in [2.75, 3.05) is 51.8 Å². The smallest absolute Gasteiger partial charge is 0.259 e. The van der Waals surface area contributed by atoms with E-state index in [1.165, 1.54) is 7.11 Å². The van der Waals surface area contributed by atoms with Gasteiger partial charge >= 0.3 is 0 Å². The highest BCUT2D eigenvalue weighted by Crippen LogP contribution is 2.38. The number of piperazine rings is 1. The van der Waals surface area contributed by atoms with Gasteiger partial charge in [-0.05, 0) is 42.0 Å². The third-order valence-electron chi connectivity index (χ3n) is 6.58. The molecule has 1 aromatic heterocycles. The summed E-state index contributed by atoms with van der Waals surface area (Å²) in [6.45, 7) is 2.49. The monoisotopic (exact) mass is 484 g/mol. The minimum atomic E-state index is -0.145. The minimum Gasteiger partial charge on any atom is -0.495 e. The maximum Gasteiger partial charge on any atom is 0.259 e. The van der Waals surface area contributed by atoms with E-state index < -0.39 is 0 Å². The van der Waals surface area contributed by atoms with Gasteiger partial charge < -0.3 is 24.2 Å². The number of pyridine rings is 1. The molecule has 0 atom stereocenters. The van der Waals surface area contributed by atoms with Crippen molar-refractivity contribution in [3.63, 3.8) is 0 Å². The summed E-state index contributed by atoms with van der Waals surface area (Å²) in [6.07, 6.45) is 5.82. The van der Waals surface area contributed by atoms with Crippen LogP contribution < -0.4 is 14.4 Å². The molecule has 1 saturated heterocycles. The van der Waals surface area contributed by atoms with Crippen molar-refractivity contribution < 1.29 is 19.1 Å². The summed E-state index contributed by atoms with van der Waals surface area (Å²) >= 11 is 0. The number of benzene rings is 2. The first-order chi connectivity index (χ1) is 17.6. The first-order valence-electron chi connectivity index (χ1n) is 11.9. The van der Waals surface area contributed by atoms with Gasteiger partial charge in [-0.1, -0.05) is 30.4 Å². The molecule has 0 aliphatic carbocycles. The van der Waals surface area contributed by atoms with Crippen LogP contribution in [0.15, 0.2) is 66.9 Å². The van der Waals surface area contributed by atoms with Gasteiger partial charge in [-0.3, -0.25) is 9.59 Å². The fourth-order valence-corrected chi connectivity index (χ4v) is 4.70. The number of methoxy groups -OCH3 is 2. The second kappa shape index (κ2) is 10.1. The number of nitrogens with zero attached hydrogens (tertiary/aromatic N) is 4. The van der Waals surface area contributed by atoms with Crippen molar-refractivity contribution in [1.82, 2.24) is 14.8 Å². The molecular weight excluding hydrogens is 456 g/mol. The minimum absolute atomic E-state index is 0.0788. The molecule has 3 aromatic rings. The van der Waals surface area contributed by atoms with Crippen LogP contribution >= 0.6 is 0 Å². The zero-order valence-electron chi connectivity index (χ0n) is 20.4.